The molecule has 0 saturated carbocycles. The summed E-state index contributed by atoms with van der Waals surface area (Å²) in [4.78, 5) is 20.4. The third-order valence-corrected chi connectivity index (χ3v) is 3.47. The van der Waals surface area contributed by atoms with Crippen LogP contribution in [0.4, 0.5) is 10.6 Å². The van der Waals surface area contributed by atoms with Gasteiger partial charge in [0.2, 0.25) is 0 Å². The number of para-hydroxylation sites is 1. The predicted octanol–water partition coefficient (Wildman–Crippen LogP) is 3.06. The molecule has 2 N–H and O–H groups in total. The van der Waals surface area contributed by atoms with Crippen molar-refractivity contribution in [2.45, 2.75) is 0 Å². The molecule has 0 aliphatic heterocycles. The van der Waals surface area contributed by atoms with E-state index >= 15 is 0 Å². The Morgan fingerprint density at radius 2 is 2.00 bits per heavy atom. The molecule has 3 aromatic rings. The molecule has 0 unspecified atom stereocenters. The number of anilines is 1. The van der Waals surface area contributed by atoms with Crippen LogP contribution in [0.2, 0.25) is 0 Å². The van der Waals surface area contributed by atoms with Crippen LogP contribution >= 0.6 is 0 Å². The fourth-order valence-electron chi connectivity index (χ4n) is 2.35. The number of aromatic nitrogens is 2. The average Bonchev–Trinajstić information content (AvgIpc) is 2.61. The quantitative estimate of drug-likeness (QED) is 0.779. The van der Waals surface area contributed by atoms with Crippen molar-refractivity contribution in [1.82, 2.24) is 15.3 Å². The lowest BCUT2D eigenvalue weighted by Gasteiger charge is -2.14. The van der Waals surface area contributed by atoms with Crippen LogP contribution in [0.1, 0.15) is 0 Å². The lowest BCUT2D eigenvalue weighted by atomic mass is 10.0. The van der Waals surface area contributed by atoms with Gasteiger partial charge >= 0.3 is 6.03 Å². The second-order valence-corrected chi connectivity index (χ2v) is 4.86. The minimum Gasteiger partial charge on any atom is -0.496 e. The van der Waals surface area contributed by atoms with Gasteiger partial charge < -0.3 is 10.1 Å². The van der Waals surface area contributed by atoms with Crippen LogP contribution in [0.3, 0.4) is 0 Å². The summed E-state index contributed by atoms with van der Waals surface area (Å²) in [6.07, 6.45) is 3.41. The van der Waals surface area contributed by atoms with Crippen molar-refractivity contribution in [1.29, 1.82) is 0 Å². The van der Waals surface area contributed by atoms with E-state index in [0.717, 1.165) is 22.0 Å². The zero-order valence-electron chi connectivity index (χ0n) is 12.8. The predicted molar refractivity (Wildman–Crippen MR) is 89.6 cm³/mol. The Kier molecular flexibility index (Phi) is 4.05. The van der Waals surface area contributed by atoms with Crippen LogP contribution in [0.25, 0.3) is 22.0 Å². The Hall–Kier alpha value is -3.15. The molecule has 0 spiro atoms. The molecule has 2 aromatic heterocycles. The first-order valence-corrected chi connectivity index (χ1v) is 7.10. The first kappa shape index (κ1) is 14.8. The van der Waals surface area contributed by atoms with Gasteiger partial charge in [0.1, 0.15) is 11.6 Å². The third-order valence-electron chi connectivity index (χ3n) is 3.47. The van der Waals surface area contributed by atoms with Gasteiger partial charge in [0.25, 0.3) is 0 Å². The van der Waals surface area contributed by atoms with Crippen molar-refractivity contribution in [3.05, 3.63) is 48.8 Å². The lowest BCUT2D eigenvalue weighted by molar-refractivity contribution is 0.254. The van der Waals surface area contributed by atoms with Crippen LogP contribution in [0.15, 0.2) is 48.8 Å². The van der Waals surface area contributed by atoms with Crippen LogP contribution in [0.5, 0.6) is 5.75 Å². The molecule has 2 amide bonds. The number of methoxy groups -OCH3 is 1. The molecule has 2 heterocycles. The zero-order valence-corrected chi connectivity index (χ0v) is 12.8. The van der Waals surface area contributed by atoms with E-state index in [4.69, 9.17) is 4.74 Å². The highest BCUT2D eigenvalue weighted by Gasteiger charge is 2.14. The average molecular weight is 308 g/mol. The summed E-state index contributed by atoms with van der Waals surface area (Å²) in [5.41, 5.74) is 2.37. The van der Waals surface area contributed by atoms with Gasteiger partial charge in [-0.05, 0) is 18.2 Å². The summed E-state index contributed by atoms with van der Waals surface area (Å²) < 4.78 is 5.43. The number of pyridine rings is 2. The molecule has 23 heavy (non-hydrogen) atoms. The van der Waals surface area contributed by atoms with E-state index < -0.39 is 0 Å². The first-order valence-electron chi connectivity index (χ1n) is 7.10. The summed E-state index contributed by atoms with van der Waals surface area (Å²) in [6, 6.07) is 11.0. The molecule has 1 aromatic carbocycles. The number of carbonyl (C=O) groups is 1. The maximum Gasteiger partial charge on any atom is 0.320 e. The number of benzene rings is 1. The van der Waals surface area contributed by atoms with Gasteiger partial charge in [0, 0.05) is 36.0 Å². The molecule has 6 nitrogen and oxygen atoms in total. The molecule has 0 saturated heterocycles. The molecular weight excluding hydrogens is 292 g/mol. The van der Waals surface area contributed by atoms with E-state index in [2.05, 4.69) is 20.6 Å². The number of rotatable bonds is 3. The first-order chi connectivity index (χ1) is 11.2. The molecule has 6 heteroatoms. The molecule has 0 aliphatic carbocycles. The maximum atomic E-state index is 11.7. The summed E-state index contributed by atoms with van der Waals surface area (Å²) in [5.74, 6) is 1.17. The van der Waals surface area contributed by atoms with Crippen LogP contribution < -0.4 is 15.4 Å². The summed E-state index contributed by atoms with van der Waals surface area (Å²) in [7, 11) is 3.17. The molecular formula is C17H16N4O2. The van der Waals surface area contributed by atoms with Crippen molar-refractivity contribution in [2.75, 3.05) is 19.5 Å². The largest absolute Gasteiger partial charge is 0.496 e. The molecule has 0 atom stereocenters. The molecule has 3 rings (SSSR count). The number of urea groups is 1. The highest BCUT2D eigenvalue weighted by molar-refractivity contribution is 5.97. The topological polar surface area (TPSA) is 76.1 Å². The smallest absolute Gasteiger partial charge is 0.320 e. The number of fused-ring (bicyclic) bond motifs is 1. The number of carbonyl (C=O) groups excluding carboxylic acids is 1. The van der Waals surface area contributed by atoms with Gasteiger partial charge in [-0.3, -0.25) is 10.3 Å². The number of ether oxygens (including phenoxy) is 1. The van der Waals surface area contributed by atoms with Crippen LogP contribution in [0, 0.1) is 0 Å². The minimum absolute atomic E-state index is 0.331. The number of amides is 2. The summed E-state index contributed by atoms with van der Waals surface area (Å²) >= 11 is 0. The van der Waals surface area contributed by atoms with Crippen molar-refractivity contribution in [2.24, 2.45) is 0 Å². The van der Waals surface area contributed by atoms with Gasteiger partial charge in [-0.25, -0.2) is 9.78 Å². The monoisotopic (exact) mass is 308 g/mol. The fourth-order valence-corrected chi connectivity index (χ4v) is 2.35. The molecule has 0 fully saturated rings. The van der Waals surface area contributed by atoms with Crippen molar-refractivity contribution >= 4 is 22.8 Å². The number of hydrogen-bond acceptors (Lipinski definition) is 4. The highest BCUT2D eigenvalue weighted by atomic mass is 16.5. The molecule has 0 aliphatic rings. The Bertz CT molecular complexity index is 864. The molecule has 0 radical (unpaired) electrons. The standard InChI is InChI=1S/C17H16N4O2/c1-18-17(22)21-16-13(12-5-3-4-6-15(12)23-2)9-11-10-19-8-7-14(11)20-16/h3-10H,1-2H3,(H2,18,20,21,22). The van der Waals surface area contributed by atoms with E-state index in [9.17, 15) is 4.79 Å². The fraction of sp³-hybridized carbons (Fsp3) is 0.118. The number of hydrogen-bond donors (Lipinski definition) is 2. The van der Waals surface area contributed by atoms with E-state index in [1.54, 1.807) is 32.6 Å². The van der Waals surface area contributed by atoms with E-state index in [0.29, 0.717) is 11.6 Å². The molecule has 0 bridgehead atoms. The number of nitrogens with zero attached hydrogens (tertiary/aromatic N) is 2. The van der Waals surface area contributed by atoms with E-state index in [1.807, 2.05) is 30.3 Å². The van der Waals surface area contributed by atoms with Gasteiger partial charge in [-0.15, -0.1) is 0 Å². The zero-order chi connectivity index (χ0) is 16.2. The van der Waals surface area contributed by atoms with Gasteiger partial charge in [0.15, 0.2) is 0 Å². The van der Waals surface area contributed by atoms with Gasteiger partial charge in [-0.2, -0.15) is 0 Å². The van der Waals surface area contributed by atoms with E-state index in [1.165, 1.54) is 0 Å². The Morgan fingerprint density at radius 3 is 2.78 bits per heavy atom. The molecule has 116 valence electrons. The second-order valence-electron chi connectivity index (χ2n) is 4.86. The SMILES string of the molecule is CNC(=O)Nc1nc2ccncc2cc1-c1ccccc1OC. The van der Waals surface area contributed by atoms with Crippen molar-refractivity contribution < 1.29 is 9.53 Å². The second kappa shape index (κ2) is 6.31. The Morgan fingerprint density at radius 1 is 1.17 bits per heavy atom. The Balaban J connectivity index is 2.23. The van der Waals surface area contributed by atoms with Crippen molar-refractivity contribution in [3.63, 3.8) is 0 Å². The normalized spacial score (nSPS) is 10.3. The number of nitrogens with one attached hydrogen (secondary N) is 2. The third kappa shape index (κ3) is 2.91. The van der Waals surface area contributed by atoms with Gasteiger partial charge in [0.05, 0.1) is 12.6 Å². The summed E-state index contributed by atoms with van der Waals surface area (Å²) in [6.45, 7) is 0. The maximum absolute atomic E-state index is 11.7. The van der Waals surface area contributed by atoms with Gasteiger partial charge in [-0.1, -0.05) is 18.2 Å². The van der Waals surface area contributed by atoms with Crippen molar-refractivity contribution in [3.8, 4) is 16.9 Å². The van der Waals surface area contributed by atoms with E-state index in [-0.39, 0.29) is 6.03 Å². The lowest BCUT2D eigenvalue weighted by Crippen LogP contribution is -2.25. The summed E-state index contributed by atoms with van der Waals surface area (Å²) in [5, 5.41) is 6.19. The Labute approximate surface area is 133 Å². The highest BCUT2D eigenvalue weighted by Crippen LogP contribution is 2.35. The van der Waals surface area contributed by atoms with Crippen LogP contribution in [-0.4, -0.2) is 30.2 Å². The van der Waals surface area contributed by atoms with Crippen LogP contribution in [-0.2, 0) is 0 Å². The minimum atomic E-state index is -0.331.